The summed E-state index contributed by atoms with van der Waals surface area (Å²) in [6.07, 6.45) is -1.09. The van der Waals surface area contributed by atoms with Gasteiger partial charge in [0.1, 0.15) is 16.5 Å². The molecule has 0 fully saturated rings. The van der Waals surface area contributed by atoms with Crippen molar-refractivity contribution in [1.29, 1.82) is 0 Å². The van der Waals surface area contributed by atoms with Crippen molar-refractivity contribution in [2.24, 2.45) is 0 Å². The molecule has 0 bridgehead atoms. The first-order valence-electron chi connectivity index (χ1n) is 10.3. The lowest BCUT2D eigenvalue weighted by atomic mass is 10.1. The molecule has 0 aliphatic heterocycles. The molecule has 13 heteroatoms. The number of aryl methyl sites for hydroxylation is 1. The lowest BCUT2D eigenvalue weighted by molar-refractivity contribution is -0.137. The monoisotopic (exact) mass is 519 g/mol. The van der Waals surface area contributed by atoms with Crippen molar-refractivity contribution in [3.8, 4) is 11.6 Å². The molecule has 0 saturated carbocycles. The van der Waals surface area contributed by atoms with E-state index in [1.54, 1.807) is 19.2 Å². The molecule has 0 saturated heterocycles. The van der Waals surface area contributed by atoms with Crippen LogP contribution in [0.3, 0.4) is 0 Å². The van der Waals surface area contributed by atoms with Gasteiger partial charge in [-0.1, -0.05) is 11.6 Å². The molecule has 0 aromatic carbocycles. The molecule has 0 atom stereocenters. The highest BCUT2D eigenvalue weighted by molar-refractivity contribution is 6.29. The Balaban J connectivity index is 1.84. The maximum Gasteiger partial charge on any atom is 0.417 e. The van der Waals surface area contributed by atoms with Crippen molar-refractivity contribution in [2.75, 3.05) is 5.32 Å². The minimum absolute atomic E-state index is 0.0118. The first-order valence-corrected chi connectivity index (χ1v) is 10.7. The number of halogens is 4. The van der Waals surface area contributed by atoms with Gasteiger partial charge in [-0.2, -0.15) is 18.2 Å². The molecule has 0 aliphatic carbocycles. The van der Waals surface area contributed by atoms with E-state index in [0.29, 0.717) is 11.9 Å². The Morgan fingerprint density at radius 1 is 1.19 bits per heavy atom. The van der Waals surface area contributed by atoms with E-state index in [9.17, 15) is 27.9 Å². The highest BCUT2D eigenvalue weighted by Crippen LogP contribution is 2.31. The number of carboxylic acids is 1. The van der Waals surface area contributed by atoms with Crippen molar-refractivity contribution in [1.82, 2.24) is 19.4 Å². The molecule has 186 valence electrons. The van der Waals surface area contributed by atoms with Crippen LogP contribution in [0.1, 0.15) is 32.7 Å². The number of hydrogen-bond donors (Lipinski definition) is 2. The van der Waals surface area contributed by atoms with Crippen molar-refractivity contribution in [3.63, 3.8) is 0 Å². The first kappa shape index (κ1) is 24.9. The summed E-state index contributed by atoms with van der Waals surface area (Å²) in [5.41, 5.74) is -1.63. The largest absolute Gasteiger partial charge is 0.476 e. The summed E-state index contributed by atoms with van der Waals surface area (Å²) in [6, 6.07) is 5.14. The maximum absolute atomic E-state index is 13.6. The summed E-state index contributed by atoms with van der Waals surface area (Å²) in [5.74, 6) is -1.20. The van der Waals surface area contributed by atoms with E-state index < -0.39 is 29.0 Å². The molecular formula is C23H17ClF3N5O4. The van der Waals surface area contributed by atoms with Crippen LogP contribution in [-0.4, -0.2) is 30.4 Å². The minimum Gasteiger partial charge on any atom is -0.476 e. The fourth-order valence-corrected chi connectivity index (χ4v) is 3.54. The Morgan fingerprint density at radius 3 is 2.61 bits per heavy atom. The number of nitrogens with one attached hydrogen (secondary N) is 1. The Bertz CT molecular complexity index is 1560. The van der Waals surface area contributed by atoms with Crippen LogP contribution in [0.5, 0.6) is 11.6 Å². The predicted molar refractivity (Wildman–Crippen MR) is 124 cm³/mol. The summed E-state index contributed by atoms with van der Waals surface area (Å²) >= 11 is 5.76. The highest BCUT2D eigenvalue weighted by atomic mass is 35.5. The second-order valence-electron chi connectivity index (χ2n) is 7.78. The van der Waals surface area contributed by atoms with Crippen LogP contribution in [0.2, 0.25) is 5.15 Å². The number of alkyl halides is 3. The zero-order valence-corrected chi connectivity index (χ0v) is 19.5. The van der Waals surface area contributed by atoms with E-state index in [4.69, 9.17) is 16.3 Å². The van der Waals surface area contributed by atoms with Gasteiger partial charge in [0.2, 0.25) is 5.88 Å². The van der Waals surface area contributed by atoms with Crippen molar-refractivity contribution in [2.45, 2.75) is 26.6 Å². The molecule has 4 heterocycles. The predicted octanol–water partition coefficient (Wildman–Crippen LogP) is 4.88. The number of rotatable bonds is 6. The van der Waals surface area contributed by atoms with Crippen LogP contribution in [0.25, 0.3) is 5.65 Å². The highest BCUT2D eigenvalue weighted by Gasteiger charge is 2.32. The number of anilines is 1. The van der Waals surface area contributed by atoms with E-state index in [1.807, 2.05) is 0 Å². The molecule has 2 N–H and O–H groups in total. The third-order valence-corrected chi connectivity index (χ3v) is 5.32. The summed E-state index contributed by atoms with van der Waals surface area (Å²) in [6.45, 7) is 2.85. The summed E-state index contributed by atoms with van der Waals surface area (Å²) in [5, 5.41) is 12.1. The van der Waals surface area contributed by atoms with Gasteiger partial charge in [0.25, 0.3) is 5.56 Å². The van der Waals surface area contributed by atoms with Gasteiger partial charge in [-0.05, 0) is 43.7 Å². The van der Waals surface area contributed by atoms with Gasteiger partial charge in [0, 0.05) is 24.5 Å². The van der Waals surface area contributed by atoms with Crippen LogP contribution in [0.15, 0.2) is 47.7 Å². The molecule has 0 aliphatic rings. The molecule has 4 aromatic heterocycles. The number of fused-ring (bicyclic) bond motifs is 1. The molecule has 0 spiro atoms. The maximum atomic E-state index is 13.6. The molecule has 0 amide bonds. The normalized spacial score (nSPS) is 11.5. The number of hydrogen-bond acceptors (Lipinski definition) is 7. The fourth-order valence-electron chi connectivity index (χ4n) is 3.39. The van der Waals surface area contributed by atoms with Gasteiger partial charge in [-0.15, -0.1) is 0 Å². The fraction of sp³-hybridized carbons (Fsp3) is 0.174. The Kier molecular flexibility index (Phi) is 6.55. The summed E-state index contributed by atoms with van der Waals surface area (Å²) in [4.78, 5) is 36.6. The molecular weight excluding hydrogens is 503 g/mol. The van der Waals surface area contributed by atoms with Crippen LogP contribution in [0, 0.1) is 13.8 Å². The number of aromatic carboxylic acids is 1. The van der Waals surface area contributed by atoms with E-state index >= 15 is 0 Å². The molecule has 0 unspecified atom stereocenters. The second-order valence-corrected chi connectivity index (χ2v) is 8.17. The molecule has 36 heavy (non-hydrogen) atoms. The van der Waals surface area contributed by atoms with Crippen LogP contribution in [-0.2, 0) is 12.7 Å². The number of pyridine rings is 3. The van der Waals surface area contributed by atoms with Crippen LogP contribution >= 0.6 is 11.6 Å². The van der Waals surface area contributed by atoms with Crippen molar-refractivity contribution in [3.05, 3.63) is 86.3 Å². The standard InChI is InChI=1S/C23H17ClF3N5O4/c1-11-5-15(9-28-7-11)36-20-12(2)21(33)32-10-14(23(25,26)27)6-13(19(32)31-20)8-29-16-3-4-17(24)30-18(16)22(34)35/h3-7,9-10,29H,8H2,1-2H3,(H,34,35). The molecule has 4 aromatic rings. The van der Waals surface area contributed by atoms with Crippen LogP contribution in [0.4, 0.5) is 18.9 Å². The van der Waals surface area contributed by atoms with E-state index in [2.05, 4.69) is 20.3 Å². The number of ether oxygens (including phenoxy) is 1. The summed E-state index contributed by atoms with van der Waals surface area (Å²) in [7, 11) is 0. The topological polar surface area (TPSA) is 119 Å². The second kappa shape index (κ2) is 9.46. The molecule has 4 rings (SSSR count). The van der Waals surface area contributed by atoms with Crippen LogP contribution < -0.4 is 15.6 Å². The van der Waals surface area contributed by atoms with E-state index in [0.717, 1.165) is 16.0 Å². The number of nitrogens with zero attached hydrogens (tertiary/aromatic N) is 4. The summed E-state index contributed by atoms with van der Waals surface area (Å²) < 4.78 is 47.4. The van der Waals surface area contributed by atoms with Gasteiger partial charge in [-0.25, -0.2) is 9.78 Å². The Labute approximate surface area is 206 Å². The van der Waals surface area contributed by atoms with Gasteiger partial charge in [0.15, 0.2) is 5.69 Å². The first-order chi connectivity index (χ1) is 16.9. The lowest BCUT2D eigenvalue weighted by Gasteiger charge is -2.16. The third kappa shape index (κ3) is 5.08. The Hall–Kier alpha value is -4.19. The average molecular weight is 520 g/mol. The van der Waals surface area contributed by atoms with Gasteiger partial charge < -0.3 is 15.2 Å². The van der Waals surface area contributed by atoms with Crippen molar-refractivity contribution >= 4 is 28.9 Å². The van der Waals surface area contributed by atoms with Gasteiger partial charge in [0.05, 0.1) is 23.0 Å². The SMILES string of the molecule is Cc1cncc(Oc2nc3c(CNc4ccc(Cl)nc4C(=O)O)cc(C(F)(F)F)cn3c(=O)c2C)c1. The zero-order chi connectivity index (χ0) is 26.2. The van der Waals surface area contributed by atoms with E-state index in [1.165, 1.54) is 25.3 Å². The van der Waals surface area contributed by atoms with Gasteiger partial charge in [-0.3, -0.25) is 14.2 Å². The quantitative estimate of drug-likeness (QED) is 0.346. The smallest absolute Gasteiger partial charge is 0.417 e. The minimum atomic E-state index is -4.76. The molecule has 0 radical (unpaired) electrons. The zero-order valence-electron chi connectivity index (χ0n) is 18.7. The number of aromatic nitrogens is 4. The van der Waals surface area contributed by atoms with Crippen molar-refractivity contribution < 1.29 is 27.8 Å². The lowest BCUT2D eigenvalue weighted by Crippen LogP contribution is -2.22. The molecule has 9 nitrogen and oxygen atoms in total. The van der Waals surface area contributed by atoms with E-state index in [-0.39, 0.29) is 40.0 Å². The Morgan fingerprint density at radius 2 is 1.94 bits per heavy atom. The number of carbonyl (C=O) groups is 1. The third-order valence-electron chi connectivity index (χ3n) is 5.11. The number of carboxylic acid groups (broad SMARTS) is 1. The van der Waals surface area contributed by atoms with Gasteiger partial charge >= 0.3 is 12.1 Å². The average Bonchev–Trinajstić information content (AvgIpc) is 2.80.